The van der Waals surface area contributed by atoms with Crippen LogP contribution >= 0.6 is 0 Å². The summed E-state index contributed by atoms with van der Waals surface area (Å²) < 4.78 is 0. The monoisotopic (exact) mass is 518 g/mol. The number of piperazine rings is 1. The van der Waals surface area contributed by atoms with E-state index in [1.165, 1.54) is 31.6 Å². The fourth-order valence-electron chi connectivity index (χ4n) is 5.21. The van der Waals surface area contributed by atoms with Crippen molar-refractivity contribution in [1.82, 2.24) is 30.0 Å². The van der Waals surface area contributed by atoms with Gasteiger partial charge in [0.1, 0.15) is 5.69 Å². The molecule has 202 valence electrons. The number of carbonyl (C=O) groups is 1. The molecule has 0 bridgehead atoms. The van der Waals surface area contributed by atoms with E-state index in [0.29, 0.717) is 29.1 Å². The van der Waals surface area contributed by atoms with Crippen LogP contribution in [0.2, 0.25) is 0 Å². The van der Waals surface area contributed by atoms with Crippen LogP contribution in [0.5, 0.6) is 0 Å². The van der Waals surface area contributed by atoms with Gasteiger partial charge in [0, 0.05) is 68.9 Å². The molecule has 2 fully saturated rings. The van der Waals surface area contributed by atoms with Gasteiger partial charge in [0.05, 0.1) is 5.69 Å². The minimum Gasteiger partial charge on any atom is -0.371 e. The first-order valence-corrected chi connectivity index (χ1v) is 13.4. The molecule has 2 saturated heterocycles. The Morgan fingerprint density at radius 3 is 2.32 bits per heavy atom. The number of aromatic nitrogens is 4. The van der Waals surface area contributed by atoms with Gasteiger partial charge in [-0.2, -0.15) is 5.10 Å². The van der Waals surface area contributed by atoms with Gasteiger partial charge in [0.15, 0.2) is 17.3 Å². The highest BCUT2D eigenvalue weighted by molar-refractivity contribution is 5.97. The summed E-state index contributed by atoms with van der Waals surface area (Å²) in [5.74, 6) is 0.193. The third-order valence-electron chi connectivity index (χ3n) is 7.32. The van der Waals surface area contributed by atoms with Crippen molar-refractivity contribution >= 4 is 28.9 Å². The van der Waals surface area contributed by atoms with Crippen molar-refractivity contribution in [3.8, 4) is 11.4 Å². The van der Waals surface area contributed by atoms with Gasteiger partial charge in [0.25, 0.3) is 5.91 Å². The van der Waals surface area contributed by atoms with Crippen molar-refractivity contribution in [3.05, 3.63) is 42.2 Å². The Balaban J connectivity index is 1.29. The van der Waals surface area contributed by atoms with E-state index < -0.39 is 5.91 Å². The lowest BCUT2D eigenvalue weighted by atomic mass is 10.0. The van der Waals surface area contributed by atoms with E-state index in [9.17, 15) is 4.79 Å². The predicted molar refractivity (Wildman–Crippen MR) is 151 cm³/mol. The van der Waals surface area contributed by atoms with E-state index >= 15 is 0 Å². The lowest BCUT2D eigenvalue weighted by Crippen LogP contribution is -2.52. The lowest BCUT2D eigenvalue weighted by Gasteiger charge is -2.42. The van der Waals surface area contributed by atoms with Gasteiger partial charge in [-0.25, -0.2) is 9.97 Å². The number of piperidine rings is 1. The molecule has 0 saturated carbocycles. The number of benzene rings is 1. The smallest absolute Gasteiger partial charge is 0.271 e. The van der Waals surface area contributed by atoms with Gasteiger partial charge >= 0.3 is 0 Å². The number of nitrogens with two attached hydrogens (primary N) is 1. The molecule has 11 heteroatoms. The maximum Gasteiger partial charge on any atom is 0.271 e. The largest absolute Gasteiger partial charge is 0.371 e. The standard InChI is InChI=1S/C27H38N10O/c1-18(2)30-26-23(22-8-11-29-34-22)32-24(25(28)38)27(33-26)31-19-4-6-20(7-5-19)36-12-9-21(10-13-36)37-16-14-35(3)15-17-37/h4-8,11,18,21H,9-10,12-17H2,1-3H3,(H2,28,38)(H,29,34)(H2,30,31,33). The Morgan fingerprint density at radius 2 is 1.71 bits per heavy atom. The molecule has 2 aliphatic heterocycles. The molecule has 11 nitrogen and oxygen atoms in total. The number of likely N-dealkylation sites (N-methyl/N-ethyl adjacent to an activating group) is 1. The molecular formula is C27H38N10O. The minimum atomic E-state index is -0.656. The Hall–Kier alpha value is -3.70. The van der Waals surface area contributed by atoms with Crippen LogP contribution in [0.4, 0.5) is 23.0 Å². The summed E-state index contributed by atoms with van der Waals surface area (Å²) in [5.41, 5.74) is 8.91. The van der Waals surface area contributed by atoms with E-state index in [2.05, 4.69) is 59.7 Å². The van der Waals surface area contributed by atoms with Crippen LogP contribution in [0.25, 0.3) is 11.4 Å². The zero-order valence-electron chi connectivity index (χ0n) is 22.4. The summed E-state index contributed by atoms with van der Waals surface area (Å²) in [5, 5.41) is 13.5. The van der Waals surface area contributed by atoms with Gasteiger partial charge in [-0.05, 0) is 64.1 Å². The van der Waals surface area contributed by atoms with Crippen molar-refractivity contribution in [3.63, 3.8) is 0 Å². The molecule has 0 spiro atoms. The Kier molecular flexibility index (Phi) is 7.75. The van der Waals surface area contributed by atoms with Gasteiger partial charge in [-0.3, -0.25) is 14.8 Å². The van der Waals surface area contributed by atoms with Crippen LogP contribution in [-0.4, -0.2) is 94.3 Å². The number of aromatic amines is 1. The average Bonchev–Trinajstić information content (AvgIpc) is 3.44. The first kappa shape index (κ1) is 25.9. The number of amides is 1. The van der Waals surface area contributed by atoms with Crippen molar-refractivity contribution in [1.29, 1.82) is 0 Å². The van der Waals surface area contributed by atoms with Gasteiger partial charge in [-0.1, -0.05) is 0 Å². The number of carbonyl (C=O) groups excluding carboxylic acids is 1. The molecule has 5 N–H and O–H groups in total. The van der Waals surface area contributed by atoms with E-state index in [0.717, 1.165) is 31.9 Å². The van der Waals surface area contributed by atoms with Crippen molar-refractivity contribution in [2.24, 2.45) is 5.73 Å². The fourth-order valence-corrected chi connectivity index (χ4v) is 5.21. The van der Waals surface area contributed by atoms with Crippen LogP contribution in [0.3, 0.4) is 0 Å². The van der Waals surface area contributed by atoms with Crippen molar-refractivity contribution < 1.29 is 4.79 Å². The highest BCUT2D eigenvalue weighted by atomic mass is 16.1. The minimum absolute atomic E-state index is 0.0685. The Morgan fingerprint density at radius 1 is 1.00 bits per heavy atom. The number of primary amides is 1. The molecule has 38 heavy (non-hydrogen) atoms. The molecule has 4 heterocycles. The maximum atomic E-state index is 12.3. The first-order valence-electron chi connectivity index (χ1n) is 13.4. The second kappa shape index (κ2) is 11.4. The quantitative estimate of drug-likeness (QED) is 0.355. The molecule has 0 unspecified atom stereocenters. The summed E-state index contributed by atoms with van der Waals surface area (Å²) in [6, 6.07) is 10.8. The number of nitrogens with zero attached hydrogens (tertiary/aromatic N) is 6. The fraction of sp³-hybridized carbons (Fsp3) is 0.481. The Bertz CT molecular complexity index is 1210. The highest BCUT2D eigenvalue weighted by Gasteiger charge is 2.27. The second-order valence-corrected chi connectivity index (χ2v) is 10.5. The van der Waals surface area contributed by atoms with Crippen molar-refractivity contribution in [2.75, 3.05) is 61.8 Å². The number of anilines is 4. The molecule has 2 aliphatic rings. The van der Waals surface area contributed by atoms with Crippen LogP contribution in [0, 0.1) is 0 Å². The molecule has 5 rings (SSSR count). The zero-order chi connectivity index (χ0) is 26.6. The van der Waals surface area contributed by atoms with Gasteiger partial charge in [0.2, 0.25) is 0 Å². The second-order valence-electron chi connectivity index (χ2n) is 10.5. The van der Waals surface area contributed by atoms with E-state index in [4.69, 9.17) is 10.7 Å². The third kappa shape index (κ3) is 5.89. The van der Waals surface area contributed by atoms with Crippen molar-refractivity contribution in [2.45, 2.75) is 38.8 Å². The summed E-state index contributed by atoms with van der Waals surface area (Å²) in [7, 11) is 2.21. The predicted octanol–water partition coefficient (Wildman–Crippen LogP) is 2.75. The van der Waals surface area contributed by atoms with Crippen LogP contribution in [0.15, 0.2) is 36.5 Å². The van der Waals surface area contributed by atoms with Crippen LogP contribution < -0.4 is 21.3 Å². The average molecular weight is 519 g/mol. The SMILES string of the molecule is CC(C)Nc1nc(Nc2ccc(N3CCC(N4CCN(C)CC4)CC3)cc2)c(C(N)=O)nc1-c1ccn[nH]1. The Labute approximate surface area is 223 Å². The lowest BCUT2D eigenvalue weighted by molar-refractivity contribution is 0.0982. The number of rotatable bonds is 8. The van der Waals surface area contributed by atoms with Crippen LogP contribution in [0.1, 0.15) is 37.2 Å². The first-order chi connectivity index (χ1) is 18.4. The summed E-state index contributed by atoms with van der Waals surface area (Å²) in [6.07, 6.45) is 4.01. The number of H-pyrrole nitrogens is 1. The van der Waals surface area contributed by atoms with E-state index in [1.54, 1.807) is 12.3 Å². The number of hydrogen-bond acceptors (Lipinski definition) is 9. The van der Waals surface area contributed by atoms with Gasteiger partial charge < -0.3 is 26.2 Å². The third-order valence-corrected chi connectivity index (χ3v) is 7.32. The summed E-state index contributed by atoms with van der Waals surface area (Å²) >= 11 is 0. The molecule has 2 aromatic heterocycles. The normalized spacial score (nSPS) is 17.6. The zero-order valence-corrected chi connectivity index (χ0v) is 22.4. The molecule has 0 aliphatic carbocycles. The molecule has 1 aromatic carbocycles. The van der Waals surface area contributed by atoms with Crippen LogP contribution in [-0.2, 0) is 0 Å². The number of nitrogens with one attached hydrogen (secondary N) is 3. The molecule has 0 radical (unpaired) electrons. The molecule has 1 amide bonds. The maximum absolute atomic E-state index is 12.3. The van der Waals surface area contributed by atoms with E-state index in [-0.39, 0.29) is 11.7 Å². The van der Waals surface area contributed by atoms with Gasteiger partial charge in [-0.15, -0.1) is 0 Å². The highest BCUT2D eigenvalue weighted by Crippen LogP contribution is 2.30. The summed E-state index contributed by atoms with van der Waals surface area (Å²) in [6.45, 7) is 10.8. The number of hydrogen-bond donors (Lipinski definition) is 4. The molecule has 0 atom stereocenters. The topological polar surface area (TPSA) is 131 Å². The molecule has 3 aromatic rings. The van der Waals surface area contributed by atoms with E-state index in [1.807, 2.05) is 26.0 Å². The summed E-state index contributed by atoms with van der Waals surface area (Å²) in [4.78, 5) is 29.1. The molecular weight excluding hydrogens is 480 g/mol.